The summed E-state index contributed by atoms with van der Waals surface area (Å²) in [6.45, 7) is 2.23. The van der Waals surface area contributed by atoms with E-state index in [1.165, 1.54) is 0 Å². The lowest BCUT2D eigenvalue weighted by atomic mass is 10.2. The Morgan fingerprint density at radius 3 is 3.00 bits per heavy atom. The first-order valence-electron chi connectivity index (χ1n) is 5.82. The van der Waals surface area contributed by atoms with Crippen LogP contribution in [-0.4, -0.2) is 16.4 Å². The molecule has 0 saturated carbocycles. The highest BCUT2D eigenvalue weighted by atomic mass is 16.5. The first-order chi connectivity index (χ1) is 8.83. The van der Waals surface area contributed by atoms with Gasteiger partial charge in [0.25, 0.3) is 0 Å². The Morgan fingerprint density at radius 1 is 1.39 bits per heavy atom. The first kappa shape index (κ1) is 12.3. The summed E-state index contributed by atoms with van der Waals surface area (Å²) in [7, 11) is 0. The second-order valence-electron chi connectivity index (χ2n) is 3.80. The number of nitrogens with zero attached hydrogens (tertiary/aromatic N) is 2. The van der Waals surface area contributed by atoms with Gasteiger partial charge in [0.15, 0.2) is 12.9 Å². The highest BCUT2D eigenvalue weighted by Crippen LogP contribution is 2.16. The molecule has 0 aliphatic heterocycles. The topological polar surface area (TPSA) is 65.2 Å². The van der Waals surface area contributed by atoms with Crippen LogP contribution in [0.5, 0.6) is 5.75 Å². The van der Waals surface area contributed by atoms with E-state index >= 15 is 0 Å². The maximum atomic E-state index is 10.8. The van der Waals surface area contributed by atoms with Crippen molar-refractivity contribution in [1.82, 2.24) is 10.1 Å². The lowest BCUT2D eigenvalue weighted by Crippen LogP contribution is -2.00. The summed E-state index contributed by atoms with van der Waals surface area (Å²) < 4.78 is 10.5. The van der Waals surface area contributed by atoms with Crippen molar-refractivity contribution in [1.29, 1.82) is 0 Å². The van der Waals surface area contributed by atoms with Crippen molar-refractivity contribution in [3.8, 4) is 5.75 Å². The van der Waals surface area contributed by atoms with Gasteiger partial charge in [0.1, 0.15) is 5.75 Å². The van der Waals surface area contributed by atoms with Crippen LogP contribution in [0.4, 0.5) is 0 Å². The number of hydrogen-bond acceptors (Lipinski definition) is 5. The zero-order chi connectivity index (χ0) is 12.8. The van der Waals surface area contributed by atoms with E-state index in [0.717, 1.165) is 19.1 Å². The molecule has 1 aromatic carbocycles. The molecule has 1 aromatic heterocycles. The highest BCUT2D eigenvalue weighted by Gasteiger charge is 2.07. The average molecular weight is 246 g/mol. The Bertz CT molecular complexity index is 522. The minimum atomic E-state index is 0.193. The highest BCUT2D eigenvalue weighted by molar-refractivity contribution is 5.79. The van der Waals surface area contributed by atoms with Crippen LogP contribution < -0.4 is 4.74 Å². The number of benzene rings is 1. The van der Waals surface area contributed by atoms with Crippen LogP contribution in [0.3, 0.4) is 0 Å². The van der Waals surface area contributed by atoms with Gasteiger partial charge in [-0.05, 0) is 18.6 Å². The number of carbonyl (C=O) groups excluding carboxylic acids is 1. The maximum absolute atomic E-state index is 10.8. The van der Waals surface area contributed by atoms with Crippen LogP contribution in [0.25, 0.3) is 0 Å². The van der Waals surface area contributed by atoms with E-state index in [1.807, 2.05) is 6.92 Å². The fourth-order valence-corrected chi connectivity index (χ4v) is 1.52. The van der Waals surface area contributed by atoms with Crippen molar-refractivity contribution in [2.45, 2.75) is 26.4 Å². The summed E-state index contributed by atoms with van der Waals surface area (Å²) in [6.07, 6.45) is 2.47. The fourth-order valence-electron chi connectivity index (χ4n) is 1.52. The number of aryl methyl sites for hydroxylation is 1. The van der Waals surface area contributed by atoms with Crippen LogP contribution in [0, 0.1) is 0 Å². The van der Waals surface area contributed by atoms with E-state index in [-0.39, 0.29) is 6.61 Å². The molecule has 1 heterocycles. The SMILES string of the molecule is CCCc1nc(COc2ccccc2C=O)no1. The zero-order valence-corrected chi connectivity index (χ0v) is 10.1. The van der Waals surface area contributed by atoms with E-state index in [1.54, 1.807) is 24.3 Å². The molecule has 0 saturated heterocycles. The summed E-state index contributed by atoms with van der Waals surface area (Å²) >= 11 is 0. The third-order valence-electron chi connectivity index (χ3n) is 2.38. The summed E-state index contributed by atoms with van der Waals surface area (Å²) in [6, 6.07) is 7.02. The molecule has 0 fully saturated rings. The average Bonchev–Trinajstić information content (AvgIpc) is 2.85. The van der Waals surface area contributed by atoms with Gasteiger partial charge < -0.3 is 9.26 Å². The predicted octanol–water partition coefficient (Wildman–Crippen LogP) is 2.41. The second kappa shape index (κ2) is 5.95. The van der Waals surface area contributed by atoms with Gasteiger partial charge in [-0.2, -0.15) is 4.98 Å². The van der Waals surface area contributed by atoms with E-state index in [0.29, 0.717) is 23.0 Å². The minimum absolute atomic E-state index is 0.193. The Morgan fingerprint density at radius 2 is 2.22 bits per heavy atom. The molecule has 0 spiro atoms. The molecule has 94 valence electrons. The van der Waals surface area contributed by atoms with Crippen LogP contribution in [0.15, 0.2) is 28.8 Å². The number of carbonyl (C=O) groups is 1. The summed E-state index contributed by atoms with van der Waals surface area (Å²) in [5.74, 6) is 1.62. The van der Waals surface area contributed by atoms with Crippen LogP contribution in [0.2, 0.25) is 0 Å². The fraction of sp³-hybridized carbons (Fsp3) is 0.308. The van der Waals surface area contributed by atoms with Crippen molar-refractivity contribution in [3.05, 3.63) is 41.5 Å². The Kier molecular flexibility index (Phi) is 4.06. The molecule has 2 aromatic rings. The van der Waals surface area contributed by atoms with Crippen LogP contribution >= 0.6 is 0 Å². The van der Waals surface area contributed by atoms with Gasteiger partial charge in [0, 0.05) is 6.42 Å². The van der Waals surface area contributed by atoms with Gasteiger partial charge in [-0.1, -0.05) is 24.2 Å². The first-order valence-corrected chi connectivity index (χ1v) is 5.82. The molecule has 18 heavy (non-hydrogen) atoms. The molecule has 0 bridgehead atoms. The van der Waals surface area contributed by atoms with Crippen molar-refractivity contribution < 1.29 is 14.1 Å². The molecule has 0 unspecified atom stereocenters. The number of rotatable bonds is 6. The van der Waals surface area contributed by atoms with Crippen molar-refractivity contribution in [2.24, 2.45) is 0 Å². The summed E-state index contributed by atoms with van der Waals surface area (Å²) in [4.78, 5) is 15.0. The van der Waals surface area contributed by atoms with Gasteiger partial charge in [0.2, 0.25) is 11.7 Å². The number of para-hydroxylation sites is 1. The molecule has 0 N–H and O–H groups in total. The largest absolute Gasteiger partial charge is 0.485 e. The molecule has 5 heteroatoms. The van der Waals surface area contributed by atoms with E-state index in [2.05, 4.69) is 10.1 Å². The Hall–Kier alpha value is -2.17. The van der Waals surface area contributed by atoms with E-state index < -0.39 is 0 Å². The molecule has 0 amide bonds. The second-order valence-corrected chi connectivity index (χ2v) is 3.80. The molecular formula is C13H14N2O3. The predicted molar refractivity (Wildman–Crippen MR) is 64.5 cm³/mol. The smallest absolute Gasteiger partial charge is 0.226 e. The number of aromatic nitrogens is 2. The Balaban J connectivity index is 1.99. The van der Waals surface area contributed by atoms with Crippen molar-refractivity contribution >= 4 is 6.29 Å². The molecule has 5 nitrogen and oxygen atoms in total. The molecule has 0 radical (unpaired) electrons. The van der Waals surface area contributed by atoms with Crippen LogP contribution in [-0.2, 0) is 13.0 Å². The van der Waals surface area contributed by atoms with Gasteiger partial charge >= 0.3 is 0 Å². The molecule has 2 rings (SSSR count). The van der Waals surface area contributed by atoms with Gasteiger partial charge in [-0.3, -0.25) is 4.79 Å². The summed E-state index contributed by atoms with van der Waals surface area (Å²) in [5.41, 5.74) is 0.509. The van der Waals surface area contributed by atoms with Gasteiger partial charge in [0.05, 0.1) is 5.56 Å². The lowest BCUT2D eigenvalue weighted by Gasteiger charge is -2.04. The molecule has 0 aliphatic rings. The number of hydrogen-bond donors (Lipinski definition) is 0. The number of aldehydes is 1. The number of ether oxygens (including phenoxy) is 1. The standard InChI is InChI=1S/C13H14N2O3/c1-2-5-13-14-12(15-18-13)9-17-11-7-4-3-6-10(11)8-16/h3-4,6-8H,2,5,9H2,1H3. The molecule has 0 aliphatic carbocycles. The summed E-state index contributed by atoms with van der Waals surface area (Å²) in [5, 5.41) is 3.81. The lowest BCUT2D eigenvalue weighted by molar-refractivity contribution is 0.111. The minimum Gasteiger partial charge on any atom is -0.485 e. The van der Waals surface area contributed by atoms with Crippen LogP contribution in [0.1, 0.15) is 35.4 Å². The van der Waals surface area contributed by atoms with Gasteiger partial charge in [-0.15, -0.1) is 0 Å². The normalized spacial score (nSPS) is 10.3. The third kappa shape index (κ3) is 2.94. The monoisotopic (exact) mass is 246 g/mol. The quantitative estimate of drug-likeness (QED) is 0.732. The molecule has 0 atom stereocenters. The van der Waals surface area contributed by atoms with E-state index in [4.69, 9.17) is 9.26 Å². The van der Waals surface area contributed by atoms with E-state index in [9.17, 15) is 4.79 Å². The van der Waals surface area contributed by atoms with Crippen molar-refractivity contribution in [2.75, 3.05) is 0 Å². The van der Waals surface area contributed by atoms with Crippen molar-refractivity contribution in [3.63, 3.8) is 0 Å². The maximum Gasteiger partial charge on any atom is 0.226 e. The Labute approximate surface area is 105 Å². The zero-order valence-electron chi connectivity index (χ0n) is 10.1. The van der Waals surface area contributed by atoms with Gasteiger partial charge in [-0.25, -0.2) is 0 Å². The third-order valence-corrected chi connectivity index (χ3v) is 2.38. The molecular weight excluding hydrogens is 232 g/mol.